The van der Waals surface area contributed by atoms with Crippen LogP contribution in [0.2, 0.25) is 0 Å². The molecule has 0 spiro atoms. The SMILES string of the molecule is CCN(CC)S(=O)(=O)c1cccc(NCC(=O)Nc2cccc([N+](=O)[O-])c2)c1. The van der Waals surface area contributed by atoms with Gasteiger partial charge in [-0.1, -0.05) is 26.0 Å². The van der Waals surface area contributed by atoms with Crippen LogP contribution in [0, 0.1) is 10.1 Å². The van der Waals surface area contributed by atoms with Gasteiger partial charge in [-0.25, -0.2) is 8.42 Å². The summed E-state index contributed by atoms with van der Waals surface area (Å²) in [7, 11) is -3.59. The van der Waals surface area contributed by atoms with Crippen LogP contribution >= 0.6 is 0 Å². The second-order valence-electron chi connectivity index (χ2n) is 5.83. The number of carbonyl (C=O) groups is 1. The quantitative estimate of drug-likeness (QED) is 0.488. The van der Waals surface area contributed by atoms with Crippen LogP contribution in [0.5, 0.6) is 0 Å². The number of amides is 1. The van der Waals surface area contributed by atoms with Crippen LogP contribution in [0.1, 0.15) is 13.8 Å². The van der Waals surface area contributed by atoms with Gasteiger partial charge in [-0.05, 0) is 24.3 Å². The molecule has 0 aliphatic heterocycles. The van der Waals surface area contributed by atoms with E-state index in [0.717, 1.165) is 0 Å². The number of hydrogen-bond acceptors (Lipinski definition) is 6. The number of anilines is 2. The predicted octanol–water partition coefficient (Wildman–Crippen LogP) is 2.68. The first-order chi connectivity index (χ1) is 13.3. The van der Waals surface area contributed by atoms with E-state index in [0.29, 0.717) is 24.5 Å². The molecule has 0 saturated heterocycles. The summed E-state index contributed by atoms with van der Waals surface area (Å²) in [6.07, 6.45) is 0. The highest BCUT2D eigenvalue weighted by atomic mass is 32.2. The summed E-state index contributed by atoms with van der Waals surface area (Å²) in [5, 5.41) is 16.2. The summed E-state index contributed by atoms with van der Waals surface area (Å²) in [5.41, 5.74) is 0.654. The van der Waals surface area contributed by atoms with Crippen molar-refractivity contribution in [1.82, 2.24) is 4.31 Å². The van der Waals surface area contributed by atoms with Crippen LogP contribution in [0.4, 0.5) is 17.1 Å². The molecule has 2 N–H and O–H groups in total. The van der Waals surface area contributed by atoms with E-state index in [4.69, 9.17) is 0 Å². The summed E-state index contributed by atoms with van der Waals surface area (Å²) >= 11 is 0. The fraction of sp³-hybridized carbons (Fsp3) is 0.278. The van der Waals surface area contributed by atoms with Crippen molar-refractivity contribution >= 4 is 33.0 Å². The molecule has 0 saturated carbocycles. The molecular weight excluding hydrogens is 384 g/mol. The van der Waals surface area contributed by atoms with Crippen molar-refractivity contribution in [2.24, 2.45) is 0 Å². The Morgan fingerprint density at radius 2 is 1.71 bits per heavy atom. The molecule has 0 unspecified atom stereocenters. The molecule has 0 radical (unpaired) electrons. The first-order valence-electron chi connectivity index (χ1n) is 8.66. The number of benzene rings is 2. The molecule has 0 aliphatic carbocycles. The summed E-state index contributed by atoms with van der Waals surface area (Å²) in [5.74, 6) is -0.419. The molecular formula is C18H22N4O5S. The number of nitro groups is 1. The average Bonchev–Trinajstić information content (AvgIpc) is 2.67. The van der Waals surface area contributed by atoms with Gasteiger partial charge in [0, 0.05) is 36.6 Å². The molecule has 1 amide bonds. The lowest BCUT2D eigenvalue weighted by Gasteiger charge is -2.19. The molecule has 0 aromatic heterocycles. The summed E-state index contributed by atoms with van der Waals surface area (Å²) in [4.78, 5) is 22.5. The third-order valence-corrected chi connectivity index (χ3v) is 6.02. The molecule has 150 valence electrons. The van der Waals surface area contributed by atoms with Crippen molar-refractivity contribution in [2.45, 2.75) is 18.7 Å². The maximum absolute atomic E-state index is 12.6. The molecule has 0 atom stereocenters. The van der Waals surface area contributed by atoms with Crippen molar-refractivity contribution in [2.75, 3.05) is 30.3 Å². The van der Waals surface area contributed by atoms with E-state index in [9.17, 15) is 23.3 Å². The van der Waals surface area contributed by atoms with Crippen molar-refractivity contribution < 1.29 is 18.1 Å². The maximum Gasteiger partial charge on any atom is 0.271 e. The molecule has 2 rings (SSSR count). The lowest BCUT2D eigenvalue weighted by atomic mass is 10.3. The molecule has 2 aromatic carbocycles. The minimum atomic E-state index is -3.59. The Labute approximate surface area is 163 Å². The van der Waals surface area contributed by atoms with Crippen molar-refractivity contribution in [3.8, 4) is 0 Å². The zero-order valence-electron chi connectivity index (χ0n) is 15.6. The van der Waals surface area contributed by atoms with E-state index < -0.39 is 20.9 Å². The van der Waals surface area contributed by atoms with Gasteiger partial charge in [-0.3, -0.25) is 14.9 Å². The highest BCUT2D eigenvalue weighted by Crippen LogP contribution is 2.20. The normalized spacial score (nSPS) is 11.2. The highest BCUT2D eigenvalue weighted by molar-refractivity contribution is 7.89. The third-order valence-electron chi connectivity index (χ3n) is 3.97. The molecule has 0 bridgehead atoms. The van der Waals surface area contributed by atoms with Crippen molar-refractivity contribution in [3.05, 3.63) is 58.6 Å². The van der Waals surface area contributed by atoms with Crippen LogP contribution < -0.4 is 10.6 Å². The summed E-state index contributed by atoms with van der Waals surface area (Å²) in [6.45, 7) is 4.13. The van der Waals surface area contributed by atoms with Crippen LogP contribution in [0.25, 0.3) is 0 Å². The molecule has 28 heavy (non-hydrogen) atoms. The third kappa shape index (κ3) is 5.27. The smallest absolute Gasteiger partial charge is 0.271 e. The van der Waals surface area contributed by atoms with Gasteiger partial charge < -0.3 is 10.6 Å². The minimum absolute atomic E-state index is 0.125. The van der Waals surface area contributed by atoms with Crippen molar-refractivity contribution in [1.29, 1.82) is 0 Å². The first kappa shape index (κ1) is 21.3. The monoisotopic (exact) mass is 406 g/mol. The zero-order valence-corrected chi connectivity index (χ0v) is 16.4. The molecule has 0 heterocycles. The lowest BCUT2D eigenvalue weighted by molar-refractivity contribution is -0.384. The van der Waals surface area contributed by atoms with Gasteiger partial charge in [0.25, 0.3) is 5.69 Å². The van der Waals surface area contributed by atoms with Gasteiger partial charge in [-0.15, -0.1) is 0 Å². The number of carbonyl (C=O) groups excluding carboxylic acids is 1. The van der Waals surface area contributed by atoms with Crippen LogP contribution in [0.3, 0.4) is 0 Å². The Morgan fingerprint density at radius 1 is 1.07 bits per heavy atom. The fourth-order valence-corrected chi connectivity index (χ4v) is 4.07. The zero-order chi connectivity index (χ0) is 20.7. The second-order valence-corrected chi connectivity index (χ2v) is 7.76. The average molecular weight is 406 g/mol. The number of nitrogens with one attached hydrogen (secondary N) is 2. The molecule has 0 aliphatic rings. The Kier molecular flexibility index (Phi) is 7.07. The number of hydrogen-bond donors (Lipinski definition) is 2. The standard InChI is InChI=1S/C18H22N4O5S/c1-3-21(4-2)28(26,27)17-10-6-7-14(12-17)19-13-18(23)20-15-8-5-9-16(11-15)22(24)25/h5-12,19H,3-4,13H2,1-2H3,(H,20,23). The number of nitro benzene ring substituents is 1. The van der Waals surface area contributed by atoms with E-state index in [-0.39, 0.29) is 17.1 Å². The van der Waals surface area contributed by atoms with Crippen LogP contribution in [-0.2, 0) is 14.8 Å². The van der Waals surface area contributed by atoms with Gasteiger partial charge >= 0.3 is 0 Å². The summed E-state index contributed by atoms with van der Waals surface area (Å²) < 4.78 is 26.5. The van der Waals surface area contributed by atoms with Gasteiger partial charge in [0.05, 0.1) is 16.4 Å². The Balaban J connectivity index is 2.04. The molecule has 10 heteroatoms. The van der Waals surface area contributed by atoms with E-state index in [1.807, 2.05) is 0 Å². The number of sulfonamides is 1. The topological polar surface area (TPSA) is 122 Å². The molecule has 9 nitrogen and oxygen atoms in total. The van der Waals surface area contributed by atoms with Gasteiger partial charge in [0.1, 0.15) is 0 Å². The second kappa shape index (κ2) is 9.29. The Hall–Kier alpha value is -2.98. The highest BCUT2D eigenvalue weighted by Gasteiger charge is 2.21. The van der Waals surface area contributed by atoms with Crippen molar-refractivity contribution in [3.63, 3.8) is 0 Å². The Morgan fingerprint density at radius 3 is 2.36 bits per heavy atom. The van der Waals surface area contributed by atoms with E-state index in [2.05, 4.69) is 10.6 Å². The Bertz CT molecular complexity index is 958. The van der Waals surface area contributed by atoms with Crippen LogP contribution in [0.15, 0.2) is 53.4 Å². The molecule has 0 fully saturated rings. The van der Waals surface area contributed by atoms with Gasteiger partial charge in [0.2, 0.25) is 15.9 Å². The number of rotatable bonds is 9. The van der Waals surface area contributed by atoms with E-state index in [1.165, 1.54) is 34.6 Å². The van der Waals surface area contributed by atoms with Crippen LogP contribution in [-0.4, -0.2) is 43.2 Å². The molecule has 2 aromatic rings. The predicted molar refractivity (Wildman–Crippen MR) is 107 cm³/mol. The minimum Gasteiger partial charge on any atom is -0.376 e. The number of nitrogens with zero attached hydrogens (tertiary/aromatic N) is 2. The van der Waals surface area contributed by atoms with Gasteiger partial charge in [0.15, 0.2) is 0 Å². The maximum atomic E-state index is 12.6. The van der Waals surface area contributed by atoms with Gasteiger partial charge in [-0.2, -0.15) is 4.31 Å². The largest absolute Gasteiger partial charge is 0.376 e. The number of non-ortho nitro benzene ring substituents is 1. The van der Waals surface area contributed by atoms with E-state index in [1.54, 1.807) is 32.0 Å². The lowest BCUT2D eigenvalue weighted by Crippen LogP contribution is -2.30. The summed E-state index contributed by atoms with van der Waals surface area (Å²) in [6, 6.07) is 11.8. The fourth-order valence-electron chi connectivity index (χ4n) is 2.56. The van der Waals surface area contributed by atoms with E-state index >= 15 is 0 Å². The first-order valence-corrected chi connectivity index (χ1v) is 10.1.